The van der Waals surface area contributed by atoms with Gasteiger partial charge in [-0.2, -0.15) is 0 Å². The minimum atomic E-state index is -1.24. The first-order chi connectivity index (χ1) is 5.05. The lowest BCUT2D eigenvalue weighted by atomic mass is 10.0. The van der Waals surface area contributed by atoms with E-state index >= 15 is 0 Å². The van der Waals surface area contributed by atoms with Gasteiger partial charge in [-0.1, -0.05) is 6.07 Å². The van der Waals surface area contributed by atoms with Gasteiger partial charge in [-0.05, 0) is 18.4 Å². The minimum Gasteiger partial charge on any atom is -0.480 e. The maximum absolute atomic E-state index is 10.6. The van der Waals surface area contributed by atoms with E-state index in [0.717, 1.165) is 0 Å². The van der Waals surface area contributed by atoms with Gasteiger partial charge < -0.3 is 10.8 Å². The maximum atomic E-state index is 10.6. The minimum absolute atomic E-state index is 0.671. The van der Waals surface area contributed by atoms with Gasteiger partial charge >= 0.3 is 5.97 Å². The zero-order chi connectivity index (χ0) is 8.48. The average molecular weight is 171 g/mol. The average Bonchev–Trinajstić information content (AvgIpc) is 2.37. The Kier molecular flexibility index (Phi) is 1.97. The predicted molar refractivity (Wildman–Crippen MR) is 43.5 cm³/mol. The summed E-state index contributed by atoms with van der Waals surface area (Å²) in [5, 5.41) is 10.5. The van der Waals surface area contributed by atoms with Crippen LogP contribution >= 0.6 is 11.3 Å². The van der Waals surface area contributed by atoms with E-state index in [-0.39, 0.29) is 0 Å². The number of carbonyl (C=O) groups is 1. The van der Waals surface area contributed by atoms with Crippen LogP contribution in [-0.4, -0.2) is 11.1 Å². The van der Waals surface area contributed by atoms with Gasteiger partial charge in [0.2, 0.25) is 0 Å². The van der Waals surface area contributed by atoms with Crippen molar-refractivity contribution in [1.82, 2.24) is 0 Å². The van der Waals surface area contributed by atoms with Crippen LogP contribution in [0.3, 0.4) is 0 Å². The van der Waals surface area contributed by atoms with Gasteiger partial charge in [0.15, 0.2) is 0 Å². The van der Waals surface area contributed by atoms with Crippen LogP contribution in [0, 0.1) is 0 Å². The third kappa shape index (κ3) is 1.41. The van der Waals surface area contributed by atoms with Crippen molar-refractivity contribution in [3.8, 4) is 0 Å². The molecule has 1 atom stereocenters. The maximum Gasteiger partial charge on any atom is 0.328 e. The van der Waals surface area contributed by atoms with E-state index in [0.29, 0.717) is 4.88 Å². The number of hydrogen-bond acceptors (Lipinski definition) is 3. The van der Waals surface area contributed by atoms with E-state index in [1.54, 1.807) is 12.1 Å². The lowest BCUT2D eigenvalue weighted by Crippen LogP contribution is -2.40. The number of thiophene rings is 1. The summed E-state index contributed by atoms with van der Waals surface area (Å²) in [5.74, 6) is -1.00. The monoisotopic (exact) mass is 171 g/mol. The van der Waals surface area contributed by atoms with Crippen molar-refractivity contribution in [2.24, 2.45) is 5.73 Å². The van der Waals surface area contributed by atoms with Gasteiger partial charge in [-0.15, -0.1) is 11.3 Å². The fraction of sp³-hybridized carbons (Fsp3) is 0.286. The van der Waals surface area contributed by atoms with E-state index < -0.39 is 11.5 Å². The third-order valence-electron chi connectivity index (χ3n) is 1.48. The number of aliphatic carboxylic acids is 1. The molecule has 0 radical (unpaired) electrons. The molecule has 1 aromatic heterocycles. The molecule has 3 N–H and O–H groups in total. The molecule has 0 aliphatic rings. The third-order valence-corrected chi connectivity index (χ3v) is 2.58. The van der Waals surface area contributed by atoms with Crippen molar-refractivity contribution >= 4 is 17.3 Å². The zero-order valence-corrected chi connectivity index (χ0v) is 6.89. The molecule has 0 aromatic carbocycles. The number of hydrogen-bond donors (Lipinski definition) is 2. The molecule has 60 valence electrons. The molecular formula is C7H9NO2S. The van der Waals surface area contributed by atoms with Gasteiger partial charge in [0.1, 0.15) is 5.54 Å². The fourth-order valence-corrected chi connectivity index (χ4v) is 1.47. The highest BCUT2D eigenvalue weighted by Gasteiger charge is 2.30. The second-order valence-electron chi connectivity index (χ2n) is 2.48. The molecule has 0 saturated heterocycles. The quantitative estimate of drug-likeness (QED) is 0.698. The molecule has 0 aliphatic heterocycles. The molecule has 1 heterocycles. The van der Waals surface area contributed by atoms with Gasteiger partial charge in [0.25, 0.3) is 0 Å². The van der Waals surface area contributed by atoms with Gasteiger partial charge in [-0.3, -0.25) is 0 Å². The van der Waals surface area contributed by atoms with Crippen LogP contribution in [0.4, 0.5) is 0 Å². The lowest BCUT2D eigenvalue weighted by Gasteiger charge is -2.16. The first kappa shape index (κ1) is 8.23. The normalized spacial score (nSPS) is 15.8. The summed E-state index contributed by atoms with van der Waals surface area (Å²) in [6.45, 7) is 1.49. The lowest BCUT2D eigenvalue weighted by molar-refractivity contribution is -0.142. The number of carboxylic acids is 1. The molecule has 4 heteroatoms. The van der Waals surface area contributed by atoms with Crippen LogP contribution < -0.4 is 5.73 Å². The van der Waals surface area contributed by atoms with E-state index in [4.69, 9.17) is 10.8 Å². The van der Waals surface area contributed by atoms with Crippen molar-refractivity contribution in [1.29, 1.82) is 0 Å². The Morgan fingerprint density at radius 2 is 2.45 bits per heavy atom. The summed E-state index contributed by atoms with van der Waals surface area (Å²) in [5.41, 5.74) is 4.29. The Bertz CT molecular complexity index is 253. The smallest absolute Gasteiger partial charge is 0.328 e. The van der Waals surface area contributed by atoms with Crippen LogP contribution in [0.15, 0.2) is 17.5 Å². The largest absolute Gasteiger partial charge is 0.480 e. The molecule has 0 fully saturated rings. The van der Waals surface area contributed by atoms with Crippen LogP contribution in [0.5, 0.6) is 0 Å². The molecule has 0 saturated carbocycles. The molecule has 1 rings (SSSR count). The Labute approximate surface area is 68.5 Å². The fourth-order valence-electron chi connectivity index (χ4n) is 0.679. The Morgan fingerprint density at radius 1 is 1.82 bits per heavy atom. The number of rotatable bonds is 2. The van der Waals surface area contributed by atoms with E-state index in [1.807, 2.05) is 5.38 Å². The van der Waals surface area contributed by atoms with E-state index in [1.165, 1.54) is 18.3 Å². The molecule has 3 nitrogen and oxygen atoms in total. The Morgan fingerprint density at radius 3 is 2.82 bits per heavy atom. The topological polar surface area (TPSA) is 63.3 Å². The van der Waals surface area contributed by atoms with Gasteiger partial charge in [0, 0.05) is 4.88 Å². The summed E-state index contributed by atoms with van der Waals surface area (Å²) < 4.78 is 0. The second-order valence-corrected chi connectivity index (χ2v) is 3.43. The first-order valence-electron chi connectivity index (χ1n) is 3.11. The molecular weight excluding hydrogens is 162 g/mol. The summed E-state index contributed by atoms with van der Waals surface area (Å²) >= 11 is 1.35. The molecule has 1 unspecified atom stereocenters. The summed E-state index contributed by atoms with van der Waals surface area (Å²) in [6, 6.07) is 3.51. The highest BCUT2D eigenvalue weighted by atomic mass is 32.1. The van der Waals surface area contributed by atoms with Crippen molar-refractivity contribution in [2.75, 3.05) is 0 Å². The molecule has 0 amide bonds. The molecule has 1 aromatic rings. The van der Waals surface area contributed by atoms with E-state index in [2.05, 4.69) is 0 Å². The summed E-state index contributed by atoms with van der Waals surface area (Å²) in [7, 11) is 0. The van der Waals surface area contributed by atoms with E-state index in [9.17, 15) is 4.79 Å². The van der Waals surface area contributed by atoms with Gasteiger partial charge in [-0.25, -0.2) is 4.79 Å². The molecule has 0 spiro atoms. The van der Waals surface area contributed by atoms with Crippen LogP contribution in [0.25, 0.3) is 0 Å². The first-order valence-corrected chi connectivity index (χ1v) is 3.99. The zero-order valence-electron chi connectivity index (χ0n) is 6.07. The van der Waals surface area contributed by atoms with Crippen LogP contribution in [0.2, 0.25) is 0 Å². The summed E-state index contributed by atoms with van der Waals surface area (Å²) in [4.78, 5) is 11.3. The van der Waals surface area contributed by atoms with Crippen LogP contribution in [0.1, 0.15) is 11.8 Å². The SMILES string of the molecule is CC(N)(C(=O)O)c1cccs1. The van der Waals surface area contributed by atoms with Crippen LogP contribution in [-0.2, 0) is 10.3 Å². The van der Waals surface area contributed by atoms with Crippen molar-refractivity contribution in [3.63, 3.8) is 0 Å². The highest BCUT2D eigenvalue weighted by Crippen LogP contribution is 2.22. The number of carboxylic acid groups (broad SMARTS) is 1. The van der Waals surface area contributed by atoms with Crippen molar-refractivity contribution < 1.29 is 9.90 Å². The Balaban J connectivity index is 3.00. The van der Waals surface area contributed by atoms with Crippen molar-refractivity contribution in [3.05, 3.63) is 22.4 Å². The second kappa shape index (κ2) is 2.64. The standard InChI is InChI=1S/C7H9NO2S/c1-7(8,6(9)10)5-3-2-4-11-5/h2-4H,8H2,1H3,(H,9,10). The number of nitrogens with two attached hydrogens (primary N) is 1. The van der Waals surface area contributed by atoms with Crippen molar-refractivity contribution in [2.45, 2.75) is 12.5 Å². The van der Waals surface area contributed by atoms with Gasteiger partial charge in [0.05, 0.1) is 0 Å². The summed E-state index contributed by atoms with van der Waals surface area (Å²) in [6.07, 6.45) is 0. The predicted octanol–water partition coefficient (Wildman–Crippen LogP) is 1.01. The highest BCUT2D eigenvalue weighted by molar-refractivity contribution is 7.10. The molecule has 11 heavy (non-hydrogen) atoms. The molecule has 0 aliphatic carbocycles. The Hall–Kier alpha value is -0.870. The molecule has 0 bridgehead atoms.